The number of anilines is 1. The van der Waals surface area contributed by atoms with Gasteiger partial charge in [0.15, 0.2) is 5.78 Å². The van der Waals surface area contributed by atoms with Crippen LogP contribution in [0.1, 0.15) is 50.2 Å². The number of allylic oxidation sites excluding steroid dienone is 2. The Morgan fingerprint density at radius 1 is 1.07 bits per heavy atom. The number of aryl methyl sites for hydroxylation is 1. The lowest BCUT2D eigenvalue weighted by molar-refractivity contribution is -0.384. The summed E-state index contributed by atoms with van der Waals surface area (Å²) in [6, 6.07) is 14.0. The third kappa shape index (κ3) is 3.54. The lowest BCUT2D eigenvalue weighted by Gasteiger charge is -2.43. The van der Waals surface area contributed by atoms with E-state index in [0.29, 0.717) is 29.8 Å². The van der Waals surface area contributed by atoms with Crippen molar-refractivity contribution in [1.82, 2.24) is 0 Å². The van der Waals surface area contributed by atoms with Gasteiger partial charge in [-0.15, -0.1) is 0 Å². The van der Waals surface area contributed by atoms with E-state index in [1.807, 2.05) is 45.0 Å². The molecule has 6 nitrogen and oxygen atoms in total. The number of non-ortho nitro benzene ring substituents is 1. The van der Waals surface area contributed by atoms with Crippen molar-refractivity contribution in [3.05, 3.63) is 81.0 Å². The Kier molecular flexibility index (Phi) is 4.80. The van der Waals surface area contributed by atoms with Crippen molar-refractivity contribution in [1.29, 1.82) is 0 Å². The minimum absolute atomic E-state index is 0.0516. The summed E-state index contributed by atoms with van der Waals surface area (Å²) < 4.78 is 0. The van der Waals surface area contributed by atoms with E-state index in [9.17, 15) is 19.7 Å². The highest BCUT2D eigenvalue weighted by molar-refractivity contribution is 6.07. The van der Waals surface area contributed by atoms with Gasteiger partial charge in [0.2, 0.25) is 5.91 Å². The van der Waals surface area contributed by atoms with Gasteiger partial charge in [-0.05, 0) is 30.4 Å². The van der Waals surface area contributed by atoms with Gasteiger partial charge in [0.1, 0.15) is 0 Å². The van der Waals surface area contributed by atoms with Crippen molar-refractivity contribution in [2.45, 2.75) is 46.0 Å². The predicted octanol–water partition coefficient (Wildman–Crippen LogP) is 5.07. The lowest BCUT2D eigenvalue weighted by atomic mass is 9.69. The number of hydrogen-bond donors (Lipinski definition) is 0. The first-order chi connectivity index (χ1) is 14.2. The van der Waals surface area contributed by atoms with Crippen LogP contribution in [0.5, 0.6) is 0 Å². The Bertz CT molecular complexity index is 1100. The molecule has 1 aliphatic carbocycles. The zero-order valence-corrected chi connectivity index (χ0v) is 17.3. The molecular formula is C24H24N2O4. The van der Waals surface area contributed by atoms with Crippen molar-refractivity contribution >= 4 is 23.1 Å². The number of nitro benzene ring substituents is 1. The van der Waals surface area contributed by atoms with Gasteiger partial charge in [-0.3, -0.25) is 24.6 Å². The molecule has 1 amide bonds. The van der Waals surface area contributed by atoms with E-state index in [-0.39, 0.29) is 35.1 Å². The first-order valence-electron chi connectivity index (χ1n) is 10.1. The zero-order chi connectivity index (χ0) is 21.6. The molecule has 154 valence electrons. The molecule has 1 heterocycles. The molecule has 0 aromatic heterocycles. The molecule has 4 rings (SSSR count). The first-order valence-corrected chi connectivity index (χ1v) is 10.1. The van der Waals surface area contributed by atoms with E-state index < -0.39 is 4.92 Å². The summed E-state index contributed by atoms with van der Waals surface area (Å²) in [7, 11) is 0. The zero-order valence-electron chi connectivity index (χ0n) is 17.3. The van der Waals surface area contributed by atoms with Crippen LogP contribution in [0.25, 0.3) is 0 Å². The van der Waals surface area contributed by atoms with Crippen LogP contribution in [0.3, 0.4) is 0 Å². The number of ketones is 1. The van der Waals surface area contributed by atoms with Gasteiger partial charge in [-0.1, -0.05) is 49.7 Å². The summed E-state index contributed by atoms with van der Waals surface area (Å²) in [6.45, 7) is 6.02. The molecular weight excluding hydrogens is 380 g/mol. The number of hydrogen-bond acceptors (Lipinski definition) is 4. The second-order valence-electron chi connectivity index (χ2n) is 8.98. The van der Waals surface area contributed by atoms with E-state index >= 15 is 0 Å². The quantitative estimate of drug-likeness (QED) is 0.528. The van der Waals surface area contributed by atoms with E-state index in [0.717, 1.165) is 11.1 Å². The maximum absolute atomic E-state index is 13.3. The molecule has 0 radical (unpaired) electrons. The SMILES string of the molecule is Cc1cccc(C2CC(=O)N(c3cccc([N+](=O)[O-])c3)C3=C2C(=O)CC(C)(C)C3)c1. The number of Topliss-reactive ketones (excluding diaryl/α,β-unsaturated/α-hetero) is 1. The molecule has 6 heteroatoms. The Labute approximate surface area is 175 Å². The van der Waals surface area contributed by atoms with E-state index in [4.69, 9.17) is 0 Å². The molecule has 2 aliphatic rings. The molecule has 0 fully saturated rings. The molecule has 1 unspecified atom stereocenters. The molecule has 0 saturated heterocycles. The van der Waals surface area contributed by atoms with Crippen molar-refractivity contribution < 1.29 is 14.5 Å². The maximum atomic E-state index is 13.3. The molecule has 0 saturated carbocycles. The minimum atomic E-state index is -0.473. The standard InChI is InChI=1S/C24H24N2O4/c1-15-6-4-7-16(10-15)19-12-22(28)25(17-8-5-9-18(11-17)26(29)30)20-13-24(2,3)14-21(27)23(19)20/h4-11,19H,12-14H2,1-3H3. The molecule has 1 atom stereocenters. The smallest absolute Gasteiger partial charge is 0.271 e. The third-order valence-electron chi connectivity index (χ3n) is 5.89. The molecule has 2 aromatic carbocycles. The minimum Gasteiger partial charge on any atom is -0.294 e. The number of amides is 1. The second kappa shape index (κ2) is 7.20. The molecule has 0 bridgehead atoms. The van der Waals surface area contributed by atoms with Gasteiger partial charge >= 0.3 is 0 Å². The van der Waals surface area contributed by atoms with Crippen LogP contribution in [-0.4, -0.2) is 16.6 Å². The Morgan fingerprint density at radius 3 is 2.50 bits per heavy atom. The van der Waals surface area contributed by atoms with Gasteiger partial charge in [-0.25, -0.2) is 0 Å². The second-order valence-corrected chi connectivity index (χ2v) is 8.98. The van der Waals surface area contributed by atoms with E-state index in [1.165, 1.54) is 17.0 Å². The number of carbonyl (C=O) groups is 2. The molecule has 30 heavy (non-hydrogen) atoms. The van der Waals surface area contributed by atoms with E-state index in [2.05, 4.69) is 0 Å². The van der Waals surface area contributed by atoms with Gasteiger partial charge in [-0.2, -0.15) is 0 Å². The topological polar surface area (TPSA) is 80.5 Å². The number of benzene rings is 2. The van der Waals surface area contributed by atoms with Gasteiger partial charge in [0.05, 0.1) is 10.6 Å². The first kappa shape index (κ1) is 20.0. The fourth-order valence-electron chi connectivity index (χ4n) is 4.63. The number of nitro groups is 1. The largest absolute Gasteiger partial charge is 0.294 e. The highest BCUT2D eigenvalue weighted by Gasteiger charge is 2.44. The Morgan fingerprint density at radius 2 is 1.80 bits per heavy atom. The predicted molar refractivity (Wildman–Crippen MR) is 114 cm³/mol. The average Bonchev–Trinajstić information content (AvgIpc) is 2.66. The fraction of sp³-hybridized carbons (Fsp3) is 0.333. The Hall–Kier alpha value is -3.28. The maximum Gasteiger partial charge on any atom is 0.271 e. The van der Waals surface area contributed by atoms with Crippen LogP contribution in [0, 0.1) is 22.5 Å². The van der Waals surface area contributed by atoms with E-state index in [1.54, 1.807) is 12.1 Å². The van der Waals surface area contributed by atoms with Gasteiger partial charge < -0.3 is 0 Å². The molecule has 2 aromatic rings. The lowest BCUT2D eigenvalue weighted by Crippen LogP contribution is -2.43. The van der Waals surface area contributed by atoms with Crippen LogP contribution in [0.4, 0.5) is 11.4 Å². The number of rotatable bonds is 3. The number of nitrogens with zero attached hydrogens (tertiary/aromatic N) is 2. The van der Waals surface area contributed by atoms with Gasteiger partial charge in [0, 0.05) is 42.2 Å². The fourth-order valence-corrected chi connectivity index (χ4v) is 4.63. The highest BCUT2D eigenvalue weighted by atomic mass is 16.6. The molecule has 1 aliphatic heterocycles. The van der Waals surface area contributed by atoms with Crippen LogP contribution < -0.4 is 4.90 Å². The monoisotopic (exact) mass is 404 g/mol. The van der Waals surface area contributed by atoms with Crippen molar-refractivity contribution in [3.63, 3.8) is 0 Å². The Balaban J connectivity index is 1.90. The molecule has 0 spiro atoms. The van der Waals surface area contributed by atoms with Gasteiger partial charge in [0.25, 0.3) is 5.69 Å². The van der Waals surface area contributed by atoms with Crippen LogP contribution in [-0.2, 0) is 9.59 Å². The highest BCUT2D eigenvalue weighted by Crippen LogP contribution is 2.48. The van der Waals surface area contributed by atoms with Crippen LogP contribution in [0.2, 0.25) is 0 Å². The third-order valence-corrected chi connectivity index (χ3v) is 5.89. The normalized spacial score (nSPS) is 20.9. The summed E-state index contributed by atoms with van der Waals surface area (Å²) in [5.74, 6) is -0.382. The van der Waals surface area contributed by atoms with Crippen LogP contribution >= 0.6 is 0 Å². The molecule has 0 N–H and O–H groups in total. The summed E-state index contributed by atoms with van der Waals surface area (Å²) in [6.07, 6.45) is 1.15. The van der Waals surface area contributed by atoms with Crippen LogP contribution in [0.15, 0.2) is 59.8 Å². The summed E-state index contributed by atoms with van der Waals surface area (Å²) in [5.41, 5.74) is 3.46. The van der Waals surface area contributed by atoms with Crippen molar-refractivity contribution in [2.24, 2.45) is 5.41 Å². The summed E-state index contributed by atoms with van der Waals surface area (Å²) in [4.78, 5) is 38.9. The van der Waals surface area contributed by atoms with Crippen molar-refractivity contribution in [3.8, 4) is 0 Å². The summed E-state index contributed by atoms with van der Waals surface area (Å²) >= 11 is 0. The summed E-state index contributed by atoms with van der Waals surface area (Å²) in [5, 5.41) is 11.3. The van der Waals surface area contributed by atoms with Crippen molar-refractivity contribution in [2.75, 3.05) is 4.90 Å². The average molecular weight is 404 g/mol. The number of carbonyl (C=O) groups excluding carboxylic acids is 2.